The van der Waals surface area contributed by atoms with E-state index in [4.69, 9.17) is 23.8 Å². The standard InChI is InChI=1S/C18H14ClF4N3OS/c19-10-1-4-14(24-8-10)16(27)25-11-2-3-13(21)12(7-11)17(9-20)18(22,23)6-5-15(28)26-17/h1-4,7-8H,5-6,9H2,(H,25,27)(H,26,28)/t17-/m1/s1. The number of carbonyl (C=O) groups is 1. The lowest BCUT2D eigenvalue weighted by Crippen LogP contribution is -2.62. The van der Waals surface area contributed by atoms with E-state index < -0.39 is 41.8 Å². The Morgan fingerprint density at radius 3 is 2.71 bits per heavy atom. The number of carbonyl (C=O) groups excluding carboxylic acids is 1. The highest BCUT2D eigenvalue weighted by Crippen LogP contribution is 2.45. The van der Waals surface area contributed by atoms with Crippen LogP contribution in [0.25, 0.3) is 0 Å². The number of halogens is 5. The van der Waals surface area contributed by atoms with Gasteiger partial charge < -0.3 is 10.6 Å². The van der Waals surface area contributed by atoms with Crippen molar-refractivity contribution < 1.29 is 22.4 Å². The molecule has 148 valence electrons. The van der Waals surface area contributed by atoms with E-state index in [1.165, 1.54) is 24.4 Å². The maximum absolute atomic E-state index is 14.6. The Balaban J connectivity index is 1.97. The van der Waals surface area contributed by atoms with E-state index in [-0.39, 0.29) is 22.8 Å². The summed E-state index contributed by atoms with van der Waals surface area (Å²) in [6.07, 6.45) is 0.413. The van der Waals surface area contributed by atoms with Crippen LogP contribution in [0.15, 0.2) is 36.5 Å². The summed E-state index contributed by atoms with van der Waals surface area (Å²) in [5.74, 6) is -5.30. The Labute approximate surface area is 168 Å². The van der Waals surface area contributed by atoms with Crippen molar-refractivity contribution in [3.05, 3.63) is 58.6 Å². The Hall–Kier alpha value is -2.26. The number of rotatable bonds is 4. The summed E-state index contributed by atoms with van der Waals surface area (Å²) in [5, 5.41) is 5.02. The van der Waals surface area contributed by atoms with Gasteiger partial charge in [0.2, 0.25) is 0 Å². The molecule has 1 aliphatic rings. The molecular formula is C18H14ClF4N3OS. The summed E-state index contributed by atoms with van der Waals surface area (Å²) in [7, 11) is 0. The molecule has 1 fully saturated rings. The van der Waals surface area contributed by atoms with Crippen molar-refractivity contribution in [2.24, 2.45) is 0 Å². The molecule has 4 nitrogen and oxygen atoms in total. The summed E-state index contributed by atoms with van der Waals surface area (Å²) < 4.78 is 57.6. The molecule has 1 saturated heterocycles. The maximum Gasteiger partial charge on any atom is 0.277 e. The zero-order valence-corrected chi connectivity index (χ0v) is 15.8. The quantitative estimate of drug-likeness (QED) is 0.547. The Morgan fingerprint density at radius 1 is 1.32 bits per heavy atom. The van der Waals surface area contributed by atoms with E-state index in [0.717, 1.165) is 12.1 Å². The molecule has 10 heteroatoms. The first kappa shape index (κ1) is 20.5. The minimum atomic E-state index is -3.59. The molecule has 1 aromatic heterocycles. The van der Waals surface area contributed by atoms with E-state index in [1.807, 2.05) is 0 Å². The lowest BCUT2D eigenvalue weighted by Gasteiger charge is -2.44. The van der Waals surface area contributed by atoms with Gasteiger partial charge >= 0.3 is 0 Å². The lowest BCUT2D eigenvalue weighted by molar-refractivity contribution is -0.109. The van der Waals surface area contributed by atoms with Crippen LogP contribution in [-0.4, -0.2) is 28.5 Å². The van der Waals surface area contributed by atoms with Gasteiger partial charge in [0.1, 0.15) is 18.2 Å². The molecule has 0 radical (unpaired) electrons. The predicted molar refractivity (Wildman–Crippen MR) is 101 cm³/mol. The summed E-state index contributed by atoms with van der Waals surface area (Å²) in [6, 6.07) is 5.84. The third-order valence-corrected chi connectivity index (χ3v) is 5.02. The molecule has 1 aromatic carbocycles. The predicted octanol–water partition coefficient (Wildman–Crippen LogP) is 4.64. The molecular weight excluding hydrogens is 418 g/mol. The van der Waals surface area contributed by atoms with Crippen LogP contribution in [0.4, 0.5) is 23.2 Å². The van der Waals surface area contributed by atoms with E-state index in [0.29, 0.717) is 5.02 Å². The zero-order valence-electron chi connectivity index (χ0n) is 14.2. The molecule has 2 aromatic rings. The molecule has 28 heavy (non-hydrogen) atoms. The molecule has 2 N–H and O–H groups in total. The maximum atomic E-state index is 14.6. The molecule has 1 amide bonds. The summed E-state index contributed by atoms with van der Waals surface area (Å²) in [6.45, 7) is -1.59. The van der Waals surface area contributed by atoms with Crippen molar-refractivity contribution in [2.45, 2.75) is 24.3 Å². The Morgan fingerprint density at radius 2 is 2.07 bits per heavy atom. The van der Waals surface area contributed by atoms with Crippen molar-refractivity contribution in [2.75, 3.05) is 12.0 Å². The number of anilines is 1. The average Bonchev–Trinajstić information content (AvgIpc) is 2.66. The van der Waals surface area contributed by atoms with Crippen LogP contribution >= 0.6 is 23.8 Å². The van der Waals surface area contributed by atoms with Crippen LogP contribution in [-0.2, 0) is 5.54 Å². The Kier molecular flexibility index (Phi) is 5.58. The van der Waals surface area contributed by atoms with Crippen LogP contribution in [0.1, 0.15) is 28.9 Å². The van der Waals surface area contributed by atoms with Gasteiger partial charge in [0.05, 0.1) is 10.0 Å². The largest absolute Gasteiger partial charge is 0.363 e. The zero-order chi connectivity index (χ0) is 20.5. The minimum absolute atomic E-state index is 0.0000619. The number of piperidine rings is 1. The molecule has 1 aliphatic heterocycles. The van der Waals surface area contributed by atoms with Crippen LogP contribution < -0.4 is 10.6 Å². The number of hydrogen-bond acceptors (Lipinski definition) is 3. The number of hydrogen-bond donors (Lipinski definition) is 2. The number of nitrogens with one attached hydrogen (secondary N) is 2. The minimum Gasteiger partial charge on any atom is -0.363 e. The van der Waals surface area contributed by atoms with Crippen LogP contribution in [0.3, 0.4) is 0 Å². The number of benzene rings is 1. The van der Waals surface area contributed by atoms with Crippen LogP contribution in [0.2, 0.25) is 5.02 Å². The number of nitrogens with zero attached hydrogens (tertiary/aromatic N) is 1. The van der Waals surface area contributed by atoms with Gasteiger partial charge in [0, 0.05) is 30.3 Å². The second-order valence-corrected chi connectivity index (χ2v) is 7.23. The molecule has 0 bridgehead atoms. The van der Waals surface area contributed by atoms with Crippen molar-refractivity contribution in [1.29, 1.82) is 0 Å². The lowest BCUT2D eigenvalue weighted by atomic mass is 9.79. The van der Waals surface area contributed by atoms with Gasteiger partial charge in [-0.25, -0.2) is 22.5 Å². The monoisotopic (exact) mass is 431 g/mol. The molecule has 0 saturated carbocycles. The smallest absolute Gasteiger partial charge is 0.277 e. The highest BCUT2D eigenvalue weighted by molar-refractivity contribution is 7.80. The number of pyridine rings is 1. The van der Waals surface area contributed by atoms with E-state index in [1.54, 1.807) is 0 Å². The number of alkyl halides is 3. The number of thiocarbonyl (C=S) groups is 1. The van der Waals surface area contributed by atoms with E-state index in [9.17, 15) is 22.4 Å². The first-order valence-electron chi connectivity index (χ1n) is 8.16. The van der Waals surface area contributed by atoms with Crippen molar-refractivity contribution >= 4 is 40.4 Å². The summed E-state index contributed by atoms with van der Waals surface area (Å²) >= 11 is 10.6. The topological polar surface area (TPSA) is 54.0 Å². The van der Waals surface area contributed by atoms with E-state index >= 15 is 0 Å². The van der Waals surface area contributed by atoms with Crippen molar-refractivity contribution in [1.82, 2.24) is 10.3 Å². The van der Waals surface area contributed by atoms with E-state index in [2.05, 4.69) is 15.6 Å². The van der Waals surface area contributed by atoms with Crippen molar-refractivity contribution in [3.63, 3.8) is 0 Å². The Bertz CT molecular complexity index is 926. The third kappa shape index (κ3) is 3.68. The van der Waals surface area contributed by atoms with Gasteiger partial charge in [-0.1, -0.05) is 23.8 Å². The van der Waals surface area contributed by atoms with Gasteiger partial charge in [-0.05, 0) is 30.3 Å². The van der Waals surface area contributed by atoms with Crippen LogP contribution in [0.5, 0.6) is 0 Å². The van der Waals surface area contributed by atoms with Gasteiger partial charge in [0.15, 0.2) is 5.54 Å². The van der Waals surface area contributed by atoms with Crippen molar-refractivity contribution in [3.8, 4) is 0 Å². The molecule has 2 heterocycles. The summed E-state index contributed by atoms with van der Waals surface area (Å²) in [5.41, 5.74) is -3.26. The van der Waals surface area contributed by atoms with Gasteiger partial charge in [0.25, 0.3) is 11.8 Å². The summed E-state index contributed by atoms with van der Waals surface area (Å²) in [4.78, 5) is 16.1. The first-order chi connectivity index (χ1) is 13.2. The van der Waals surface area contributed by atoms with Gasteiger partial charge in [-0.15, -0.1) is 0 Å². The first-order valence-corrected chi connectivity index (χ1v) is 8.95. The fraction of sp³-hybridized carbons (Fsp3) is 0.278. The average molecular weight is 432 g/mol. The molecule has 0 spiro atoms. The second-order valence-electron chi connectivity index (χ2n) is 6.30. The van der Waals surface area contributed by atoms with Gasteiger partial charge in [-0.3, -0.25) is 4.79 Å². The highest BCUT2D eigenvalue weighted by Gasteiger charge is 2.58. The normalized spacial score (nSPS) is 21.1. The fourth-order valence-corrected chi connectivity index (χ4v) is 3.37. The molecule has 0 unspecified atom stereocenters. The van der Waals surface area contributed by atoms with Crippen LogP contribution in [0, 0.1) is 5.82 Å². The second kappa shape index (κ2) is 7.63. The highest BCUT2D eigenvalue weighted by atomic mass is 35.5. The number of aromatic nitrogens is 1. The number of amides is 1. The molecule has 0 aliphatic carbocycles. The SMILES string of the molecule is O=C(Nc1ccc(F)c([C@@]2(CF)NC(=S)CCC2(F)F)c1)c1ccc(Cl)cn1. The third-order valence-electron chi connectivity index (χ3n) is 4.49. The van der Waals surface area contributed by atoms with Gasteiger partial charge in [-0.2, -0.15) is 0 Å². The fourth-order valence-electron chi connectivity index (χ4n) is 2.98. The molecule has 1 atom stereocenters. The molecule has 3 rings (SSSR count).